The lowest BCUT2D eigenvalue weighted by Crippen LogP contribution is -2.09. The maximum atomic E-state index is 13.6. The SMILES string of the molecule is Cc1cc(OCCOCc2ccccc2)c2oc3cc(F)ccc3c(=O)c2c1. The number of benzene rings is 3. The van der Waals surface area contributed by atoms with E-state index in [1.807, 2.05) is 37.3 Å². The van der Waals surface area contributed by atoms with Gasteiger partial charge in [-0.3, -0.25) is 4.79 Å². The third kappa shape index (κ3) is 3.75. The monoisotopic (exact) mass is 378 g/mol. The molecule has 0 unspecified atom stereocenters. The summed E-state index contributed by atoms with van der Waals surface area (Å²) in [6.45, 7) is 3.07. The highest BCUT2D eigenvalue weighted by atomic mass is 19.1. The molecule has 4 nitrogen and oxygen atoms in total. The molecule has 4 rings (SSSR count). The average molecular weight is 378 g/mol. The molecule has 0 fully saturated rings. The van der Waals surface area contributed by atoms with Crippen molar-refractivity contribution in [3.8, 4) is 5.75 Å². The number of hydrogen-bond acceptors (Lipinski definition) is 4. The van der Waals surface area contributed by atoms with Crippen molar-refractivity contribution in [1.29, 1.82) is 0 Å². The van der Waals surface area contributed by atoms with E-state index in [2.05, 4.69) is 0 Å². The number of aryl methyl sites for hydroxylation is 1. The quantitative estimate of drug-likeness (QED) is 0.350. The van der Waals surface area contributed by atoms with Crippen LogP contribution in [0, 0.1) is 12.7 Å². The summed E-state index contributed by atoms with van der Waals surface area (Å²) in [5.41, 5.74) is 2.28. The van der Waals surface area contributed by atoms with Crippen molar-refractivity contribution < 1.29 is 18.3 Å². The van der Waals surface area contributed by atoms with Crippen LogP contribution in [0.15, 0.2) is 69.9 Å². The minimum Gasteiger partial charge on any atom is -0.487 e. The lowest BCUT2D eigenvalue weighted by Gasteiger charge is -2.11. The second kappa shape index (κ2) is 7.82. The van der Waals surface area contributed by atoms with E-state index in [4.69, 9.17) is 13.9 Å². The Hall–Kier alpha value is -3.18. The van der Waals surface area contributed by atoms with Crippen LogP contribution in [-0.2, 0) is 11.3 Å². The molecule has 0 amide bonds. The Morgan fingerprint density at radius 3 is 2.61 bits per heavy atom. The van der Waals surface area contributed by atoms with Crippen molar-refractivity contribution >= 4 is 21.9 Å². The number of hydrogen-bond donors (Lipinski definition) is 0. The second-order valence-corrected chi connectivity index (χ2v) is 6.60. The van der Waals surface area contributed by atoms with Crippen LogP contribution in [0.1, 0.15) is 11.1 Å². The van der Waals surface area contributed by atoms with E-state index < -0.39 is 5.82 Å². The summed E-state index contributed by atoms with van der Waals surface area (Å²) in [5.74, 6) is -0.0135. The predicted molar refractivity (Wildman–Crippen MR) is 106 cm³/mol. The molecule has 4 aromatic rings. The first-order valence-corrected chi connectivity index (χ1v) is 9.03. The van der Waals surface area contributed by atoms with Crippen molar-refractivity contribution in [3.63, 3.8) is 0 Å². The summed E-state index contributed by atoms with van der Waals surface area (Å²) in [6.07, 6.45) is 0. The molecule has 0 spiro atoms. The molecule has 0 aliphatic rings. The number of halogens is 1. The molecule has 0 atom stereocenters. The Morgan fingerprint density at radius 1 is 0.964 bits per heavy atom. The van der Waals surface area contributed by atoms with Crippen LogP contribution in [0.3, 0.4) is 0 Å². The molecule has 0 aliphatic carbocycles. The van der Waals surface area contributed by atoms with Gasteiger partial charge in [-0.15, -0.1) is 0 Å². The van der Waals surface area contributed by atoms with Crippen molar-refractivity contribution in [2.45, 2.75) is 13.5 Å². The smallest absolute Gasteiger partial charge is 0.200 e. The van der Waals surface area contributed by atoms with E-state index in [-0.39, 0.29) is 11.0 Å². The van der Waals surface area contributed by atoms with Gasteiger partial charge in [0, 0.05) is 6.07 Å². The van der Waals surface area contributed by atoms with Gasteiger partial charge in [-0.05, 0) is 42.3 Å². The average Bonchev–Trinajstić information content (AvgIpc) is 2.69. The van der Waals surface area contributed by atoms with Crippen LogP contribution < -0.4 is 10.2 Å². The minimum atomic E-state index is -0.459. The van der Waals surface area contributed by atoms with Gasteiger partial charge in [-0.25, -0.2) is 4.39 Å². The van der Waals surface area contributed by atoms with Crippen molar-refractivity contribution in [2.24, 2.45) is 0 Å². The van der Waals surface area contributed by atoms with Gasteiger partial charge in [0.25, 0.3) is 0 Å². The molecule has 1 aromatic heterocycles. The van der Waals surface area contributed by atoms with E-state index >= 15 is 0 Å². The molecule has 5 heteroatoms. The Labute approximate surface area is 161 Å². The largest absolute Gasteiger partial charge is 0.487 e. The molecule has 142 valence electrons. The van der Waals surface area contributed by atoms with Crippen LogP contribution >= 0.6 is 0 Å². The molecule has 0 N–H and O–H groups in total. The molecular formula is C23H19FO4. The van der Waals surface area contributed by atoms with Gasteiger partial charge in [0.1, 0.15) is 18.0 Å². The van der Waals surface area contributed by atoms with E-state index in [9.17, 15) is 9.18 Å². The predicted octanol–water partition coefficient (Wildman–Crippen LogP) is 4.99. The molecule has 0 radical (unpaired) electrons. The maximum absolute atomic E-state index is 13.6. The van der Waals surface area contributed by atoms with E-state index in [0.717, 1.165) is 11.1 Å². The zero-order chi connectivity index (χ0) is 19.5. The van der Waals surface area contributed by atoms with Crippen molar-refractivity contribution in [2.75, 3.05) is 13.2 Å². The fourth-order valence-corrected chi connectivity index (χ4v) is 3.12. The Balaban J connectivity index is 1.56. The van der Waals surface area contributed by atoms with E-state index in [1.54, 1.807) is 12.1 Å². The zero-order valence-corrected chi connectivity index (χ0v) is 15.4. The Morgan fingerprint density at radius 2 is 1.79 bits per heavy atom. The Kier molecular flexibility index (Phi) is 5.08. The zero-order valence-electron chi connectivity index (χ0n) is 15.4. The summed E-state index contributed by atoms with van der Waals surface area (Å²) >= 11 is 0. The third-order valence-corrected chi connectivity index (χ3v) is 4.44. The molecule has 28 heavy (non-hydrogen) atoms. The Bertz CT molecular complexity index is 1180. The number of fused-ring (bicyclic) bond motifs is 2. The van der Waals surface area contributed by atoms with Crippen LogP contribution in [0.2, 0.25) is 0 Å². The summed E-state index contributed by atoms with van der Waals surface area (Å²) in [7, 11) is 0. The fraction of sp³-hybridized carbons (Fsp3) is 0.174. The fourth-order valence-electron chi connectivity index (χ4n) is 3.12. The standard InChI is InChI=1S/C23H19FO4/c1-15-11-19-22(25)18-8-7-17(24)13-20(18)28-23(19)21(12-15)27-10-9-26-14-16-5-3-2-4-6-16/h2-8,11-13H,9-10,14H2,1H3. The maximum Gasteiger partial charge on any atom is 0.200 e. The van der Waals surface area contributed by atoms with Crippen LogP contribution in [0.25, 0.3) is 21.9 Å². The van der Waals surface area contributed by atoms with E-state index in [0.29, 0.717) is 41.9 Å². The third-order valence-electron chi connectivity index (χ3n) is 4.44. The first-order valence-electron chi connectivity index (χ1n) is 9.03. The van der Waals surface area contributed by atoms with Gasteiger partial charge >= 0.3 is 0 Å². The first kappa shape index (κ1) is 18.2. The molecule has 0 saturated carbocycles. The number of ether oxygens (including phenoxy) is 2. The van der Waals surface area contributed by atoms with Crippen LogP contribution in [0.4, 0.5) is 4.39 Å². The topological polar surface area (TPSA) is 48.7 Å². The molecule has 1 heterocycles. The highest BCUT2D eigenvalue weighted by molar-refractivity contribution is 5.92. The summed E-state index contributed by atoms with van der Waals surface area (Å²) in [6, 6.07) is 17.3. The lowest BCUT2D eigenvalue weighted by atomic mass is 10.1. The summed E-state index contributed by atoms with van der Waals surface area (Å²) in [4.78, 5) is 12.8. The normalized spacial score (nSPS) is 11.2. The van der Waals surface area contributed by atoms with Gasteiger partial charge in [-0.2, -0.15) is 0 Å². The van der Waals surface area contributed by atoms with Gasteiger partial charge in [0.15, 0.2) is 11.3 Å². The molecule has 0 aliphatic heterocycles. The van der Waals surface area contributed by atoms with Crippen molar-refractivity contribution in [3.05, 3.63) is 87.8 Å². The van der Waals surface area contributed by atoms with E-state index in [1.165, 1.54) is 18.2 Å². The summed E-state index contributed by atoms with van der Waals surface area (Å²) < 4.78 is 30.8. The second-order valence-electron chi connectivity index (χ2n) is 6.60. The van der Waals surface area contributed by atoms with Crippen molar-refractivity contribution in [1.82, 2.24) is 0 Å². The van der Waals surface area contributed by atoms with Gasteiger partial charge < -0.3 is 13.9 Å². The van der Waals surface area contributed by atoms with Gasteiger partial charge in [0.05, 0.1) is 24.0 Å². The molecular weight excluding hydrogens is 359 g/mol. The van der Waals surface area contributed by atoms with Crippen LogP contribution in [-0.4, -0.2) is 13.2 Å². The minimum absolute atomic E-state index is 0.200. The molecule has 0 saturated heterocycles. The van der Waals surface area contributed by atoms with Gasteiger partial charge in [0.2, 0.25) is 5.43 Å². The first-order chi connectivity index (χ1) is 13.6. The molecule has 0 bridgehead atoms. The highest BCUT2D eigenvalue weighted by Gasteiger charge is 2.13. The lowest BCUT2D eigenvalue weighted by molar-refractivity contribution is 0.0890. The summed E-state index contributed by atoms with van der Waals surface area (Å²) in [5, 5.41) is 0.760. The number of rotatable bonds is 6. The van der Waals surface area contributed by atoms with Gasteiger partial charge in [-0.1, -0.05) is 30.3 Å². The molecule has 3 aromatic carbocycles. The van der Waals surface area contributed by atoms with Crippen LogP contribution in [0.5, 0.6) is 5.75 Å². The highest BCUT2D eigenvalue weighted by Crippen LogP contribution is 2.29.